The van der Waals surface area contributed by atoms with Gasteiger partial charge in [0.05, 0.1) is 0 Å². The van der Waals surface area contributed by atoms with Crippen LogP contribution in [-0.4, -0.2) is 36.5 Å². The van der Waals surface area contributed by atoms with Gasteiger partial charge in [-0.3, -0.25) is 4.79 Å². The van der Waals surface area contributed by atoms with Gasteiger partial charge < -0.3 is 15.4 Å². The van der Waals surface area contributed by atoms with Crippen molar-refractivity contribution < 1.29 is 9.53 Å². The highest BCUT2D eigenvalue weighted by Crippen LogP contribution is 2.24. The maximum atomic E-state index is 12.5. The topological polar surface area (TPSA) is 55.6 Å². The minimum absolute atomic E-state index is 0. The smallest absolute Gasteiger partial charge is 0.260 e. The van der Waals surface area contributed by atoms with E-state index in [0.717, 1.165) is 30.7 Å². The van der Waals surface area contributed by atoms with Gasteiger partial charge in [-0.15, -0.1) is 12.4 Å². The van der Waals surface area contributed by atoms with Crippen molar-refractivity contribution in [2.24, 2.45) is 11.7 Å². The highest BCUT2D eigenvalue weighted by Gasteiger charge is 2.31. The SMILES string of the molecule is CC1CC(CN)CN1C(=O)COc1ccccc1Cc1ccccc1.Cl. The molecule has 2 aromatic rings. The third-order valence-electron chi connectivity index (χ3n) is 4.88. The minimum atomic E-state index is 0. The van der Waals surface area contributed by atoms with Crippen LogP contribution in [-0.2, 0) is 11.2 Å². The number of amides is 1. The Morgan fingerprint density at radius 1 is 1.15 bits per heavy atom. The van der Waals surface area contributed by atoms with E-state index in [2.05, 4.69) is 25.1 Å². The van der Waals surface area contributed by atoms with Gasteiger partial charge in [-0.25, -0.2) is 0 Å². The lowest BCUT2D eigenvalue weighted by molar-refractivity contribution is -0.134. The molecule has 4 nitrogen and oxygen atoms in total. The summed E-state index contributed by atoms with van der Waals surface area (Å²) in [7, 11) is 0. The largest absolute Gasteiger partial charge is 0.483 e. The van der Waals surface area contributed by atoms with Crippen LogP contribution in [0.15, 0.2) is 54.6 Å². The minimum Gasteiger partial charge on any atom is -0.483 e. The van der Waals surface area contributed by atoms with Crippen LogP contribution >= 0.6 is 12.4 Å². The highest BCUT2D eigenvalue weighted by atomic mass is 35.5. The van der Waals surface area contributed by atoms with Gasteiger partial charge in [-0.2, -0.15) is 0 Å². The summed E-state index contributed by atoms with van der Waals surface area (Å²) >= 11 is 0. The van der Waals surface area contributed by atoms with E-state index in [4.69, 9.17) is 10.5 Å². The van der Waals surface area contributed by atoms with E-state index in [1.165, 1.54) is 5.56 Å². The number of halogens is 1. The Hall–Kier alpha value is -2.04. The van der Waals surface area contributed by atoms with Crippen molar-refractivity contribution in [2.75, 3.05) is 19.7 Å². The molecule has 2 aromatic carbocycles. The van der Waals surface area contributed by atoms with E-state index in [1.54, 1.807) is 0 Å². The first-order chi connectivity index (χ1) is 12.2. The van der Waals surface area contributed by atoms with Crippen LogP contribution in [0.1, 0.15) is 24.5 Å². The lowest BCUT2D eigenvalue weighted by atomic mass is 10.0. The second-order valence-corrected chi connectivity index (χ2v) is 6.79. The van der Waals surface area contributed by atoms with Crippen LogP contribution in [0.5, 0.6) is 5.75 Å². The van der Waals surface area contributed by atoms with Crippen molar-refractivity contribution in [2.45, 2.75) is 25.8 Å². The number of carbonyl (C=O) groups is 1. The molecule has 2 atom stereocenters. The molecule has 140 valence electrons. The molecule has 26 heavy (non-hydrogen) atoms. The summed E-state index contributed by atoms with van der Waals surface area (Å²) in [5.74, 6) is 1.23. The Morgan fingerprint density at radius 2 is 1.85 bits per heavy atom. The molecule has 1 amide bonds. The van der Waals surface area contributed by atoms with Crippen LogP contribution in [0.2, 0.25) is 0 Å². The van der Waals surface area contributed by atoms with E-state index in [-0.39, 0.29) is 31.0 Å². The number of nitrogens with zero attached hydrogens (tertiary/aromatic N) is 1. The van der Waals surface area contributed by atoms with Gasteiger partial charge in [-0.05, 0) is 43.0 Å². The van der Waals surface area contributed by atoms with Crippen LogP contribution in [0.4, 0.5) is 0 Å². The molecule has 3 rings (SSSR count). The number of rotatable bonds is 6. The molecule has 1 aliphatic rings. The van der Waals surface area contributed by atoms with Gasteiger partial charge in [0, 0.05) is 19.0 Å². The number of nitrogens with two attached hydrogens (primary N) is 1. The summed E-state index contributed by atoms with van der Waals surface area (Å²) < 4.78 is 5.88. The molecular formula is C21H27ClN2O2. The molecule has 0 aliphatic carbocycles. The average molecular weight is 375 g/mol. The molecule has 1 aliphatic heterocycles. The van der Waals surface area contributed by atoms with E-state index >= 15 is 0 Å². The summed E-state index contributed by atoms with van der Waals surface area (Å²) in [5, 5.41) is 0. The summed E-state index contributed by atoms with van der Waals surface area (Å²) in [6, 6.07) is 18.4. The second-order valence-electron chi connectivity index (χ2n) is 6.79. The average Bonchev–Trinajstić information content (AvgIpc) is 3.02. The standard InChI is InChI=1S/C21H26N2O2.ClH/c1-16-11-18(13-22)14-23(16)21(24)15-25-20-10-6-5-9-19(20)12-17-7-3-2-4-8-17;/h2-10,16,18H,11-15,22H2,1H3;1H. The van der Waals surface area contributed by atoms with Crippen molar-refractivity contribution in [3.05, 3.63) is 65.7 Å². The number of ether oxygens (including phenoxy) is 1. The van der Waals surface area contributed by atoms with Gasteiger partial charge in [0.15, 0.2) is 6.61 Å². The fourth-order valence-corrected chi connectivity index (χ4v) is 3.49. The lowest BCUT2D eigenvalue weighted by Gasteiger charge is -2.22. The van der Waals surface area contributed by atoms with E-state index < -0.39 is 0 Å². The molecule has 0 radical (unpaired) electrons. The van der Waals surface area contributed by atoms with Gasteiger partial charge in [0.1, 0.15) is 5.75 Å². The lowest BCUT2D eigenvalue weighted by Crippen LogP contribution is -2.37. The van der Waals surface area contributed by atoms with Crippen molar-refractivity contribution in [3.8, 4) is 5.75 Å². The third-order valence-corrected chi connectivity index (χ3v) is 4.88. The van der Waals surface area contributed by atoms with Gasteiger partial charge in [0.25, 0.3) is 5.91 Å². The van der Waals surface area contributed by atoms with E-state index in [9.17, 15) is 4.79 Å². The number of benzene rings is 2. The molecule has 5 heteroatoms. The van der Waals surface area contributed by atoms with Crippen LogP contribution in [0.3, 0.4) is 0 Å². The number of carbonyl (C=O) groups excluding carboxylic acids is 1. The van der Waals surface area contributed by atoms with Crippen LogP contribution in [0, 0.1) is 5.92 Å². The fraction of sp³-hybridized carbons (Fsp3) is 0.381. The summed E-state index contributed by atoms with van der Waals surface area (Å²) in [5.41, 5.74) is 8.07. The van der Waals surface area contributed by atoms with Crippen molar-refractivity contribution in [1.82, 2.24) is 4.90 Å². The number of likely N-dealkylation sites (tertiary alicyclic amines) is 1. The maximum Gasteiger partial charge on any atom is 0.260 e. The van der Waals surface area contributed by atoms with Crippen molar-refractivity contribution >= 4 is 18.3 Å². The second kappa shape index (κ2) is 9.60. The first-order valence-corrected chi connectivity index (χ1v) is 8.91. The zero-order valence-corrected chi connectivity index (χ0v) is 16.0. The van der Waals surface area contributed by atoms with Crippen LogP contribution in [0.25, 0.3) is 0 Å². The Labute approximate surface area is 161 Å². The monoisotopic (exact) mass is 374 g/mol. The van der Waals surface area contributed by atoms with Gasteiger partial charge in [-0.1, -0.05) is 48.5 Å². The molecule has 0 aromatic heterocycles. The van der Waals surface area contributed by atoms with E-state index in [0.29, 0.717) is 12.5 Å². The highest BCUT2D eigenvalue weighted by molar-refractivity contribution is 5.85. The molecule has 1 saturated heterocycles. The summed E-state index contributed by atoms with van der Waals surface area (Å²) in [4.78, 5) is 14.4. The molecular weight excluding hydrogens is 348 g/mol. The predicted octanol–water partition coefficient (Wildman–Crippen LogP) is 3.27. The molecule has 0 saturated carbocycles. The zero-order valence-electron chi connectivity index (χ0n) is 15.1. The van der Waals surface area contributed by atoms with Gasteiger partial charge in [0.2, 0.25) is 0 Å². The van der Waals surface area contributed by atoms with Crippen LogP contribution < -0.4 is 10.5 Å². The zero-order chi connectivity index (χ0) is 17.6. The Balaban J connectivity index is 0.00000243. The fourth-order valence-electron chi connectivity index (χ4n) is 3.49. The molecule has 2 N–H and O–H groups in total. The number of hydrogen-bond donors (Lipinski definition) is 1. The normalized spacial score (nSPS) is 19.1. The first kappa shape index (κ1) is 20.3. The third kappa shape index (κ3) is 4.99. The Kier molecular flexibility index (Phi) is 7.49. The van der Waals surface area contributed by atoms with E-state index in [1.807, 2.05) is 41.3 Å². The molecule has 1 heterocycles. The number of hydrogen-bond acceptors (Lipinski definition) is 3. The molecule has 2 unspecified atom stereocenters. The molecule has 0 spiro atoms. The summed E-state index contributed by atoms with van der Waals surface area (Å²) in [6.07, 6.45) is 1.77. The summed E-state index contributed by atoms with van der Waals surface area (Å²) in [6.45, 7) is 3.53. The van der Waals surface area contributed by atoms with Crippen molar-refractivity contribution in [3.63, 3.8) is 0 Å². The maximum absolute atomic E-state index is 12.5. The Bertz CT molecular complexity index is 708. The number of para-hydroxylation sites is 1. The molecule has 0 bridgehead atoms. The van der Waals surface area contributed by atoms with Crippen molar-refractivity contribution in [1.29, 1.82) is 0 Å². The predicted molar refractivity (Wildman–Crippen MR) is 107 cm³/mol. The quantitative estimate of drug-likeness (QED) is 0.844. The van der Waals surface area contributed by atoms with Gasteiger partial charge >= 0.3 is 0 Å². The first-order valence-electron chi connectivity index (χ1n) is 8.91. The Morgan fingerprint density at radius 3 is 2.54 bits per heavy atom. The molecule has 1 fully saturated rings.